The third-order valence-electron chi connectivity index (χ3n) is 2.98. The predicted molar refractivity (Wildman–Crippen MR) is 76.7 cm³/mol. The van der Waals surface area contributed by atoms with Crippen molar-refractivity contribution in [3.05, 3.63) is 36.3 Å². The lowest BCUT2D eigenvalue weighted by Crippen LogP contribution is -2.14. The van der Waals surface area contributed by atoms with E-state index < -0.39 is 0 Å². The minimum atomic E-state index is 0.248. The molecule has 0 saturated heterocycles. The van der Waals surface area contributed by atoms with E-state index >= 15 is 0 Å². The number of nitrogens with one attached hydrogen (secondary N) is 1. The average Bonchev–Trinajstić information content (AvgIpc) is 2.97. The molecule has 0 fully saturated rings. The molecule has 0 unspecified atom stereocenters. The molecule has 3 rings (SSSR count). The highest BCUT2D eigenvalue weighted by atomic mass is 16.7. The van der Waals surface area contributed by atoms with Crippen LogP contribution in [0.2, 0.25) is 0 Å². The summed E-state index contributed by atoms with van der Waals surface area (Å²) < 4.78 is 16.2. The second-order valence-corrected chi connectivity index (χ2v) is 4.64. The first kappa shape index (κ1) is 13.6. The zero-order valence-corrected chi connectivity index (χ0v) is 11.8. The van der Waals surface area contributed by atoms with E-state index in [2.05, 4.69) is 22.2 Å². The second kappa shape index (κ2) is 6.41. The van der Waals surface area contributed by atoms with Crippen LogP contribution in [0.15, 0.2) is 30.6 Å². The number of fused-ring (bicyclic) bond motifs is 1. The van der Waals surface area contributed by atoms with Gasteiger partial charge in [-0.05, 0) is 25.1 Å². The zero-order valence-electron chi connectivity index (χ0n) is 11.8. The zero-order chi connectivity index (χ0) is 14.5. The first-order chi connectivity index (χ1) is 10.3. The van der Waals surface area contributed by atoms with Crippen molar-refractivity contribution in [2.75, 3.05) is 13.3 Å². The van der Waals surface area contributed by atoms with Crippen LogP contribution in [0, 0.1) is 0 Å². The molecule has 2 heterocycles. The van der Waals surface area contributed by atoms with Crippen molar-refractivity contribution in [1.29, 1.82) is 0 Å². The van der Waals surface area contributed by atoms with Gasteiger partial charge in [-0.3, -0.25) is 4.98 Å². The quantitative estimate of drug-likeness (QED) is 0.823. The van der Waals surface area contributed by atoms with Gasteiger partial charge < -0.3 is 19.5 Å². The van der Waals surface area contributed by atoms with Gasteiger partial charge in [-0.1, -0.05) is 6.92 Å². The molecule has 110 valence electrons. The Kier molecular flexibility index (Phi) is 4.16. The van der Waals surface area contributed by atoms with Crippen LogP contribution >= 0.6 is 0 Å². The summed E-state index contributed by atoms with van der Waals surface area (Å²) in [7, 11) is 0. The Morgan fingerprint density at radius 1 is 1.19 bits per heavy atom. The molecular weight excluding hydrogens is 270 g/mol. The van der Waals surface area contributed by atoms with Gasteiger partial charge in [0.05, 0.1) is 18.1 Å². The monoisotopic (exact) mass is 287 g/mol. The van der Waals surface area contributed by atoms with E-state index in [1.165, 1.54) is 0 Å². The van der Waals surface area contributed by atoms with Gasteiger partial charge in [0.25, 0.3) is 0 Å². The maximum Gasteiger partial charge on any atom is 0.237 e. The molecule has 0 saturated carbocycles. The number of benzene rings is 1. The molecule has 0 amide bonds. The molecule has 1 aliphatic rings. The number of ether oxygens (including phenoxy) is 3. The lowest BCUT2D eigenvalue weighted by molar-refractivity contribution is 0.174. The van der Waals surface area contributed by atoms with Gasteiger partial charge in [-0.2, -0.15) is 0 Å². The van der Waals surface area contributed by atoms with E-state index in [0.717, 1.165) is 24.4 Å². The molecule has 1 aromatic carbocycles. The lowest BCUT2D eigenvalue weighted by Gasteiger charge is -2.06. The van der Waals surface area contributed by atoms with E-state index in [-0.39, 0.29) is 6.79 Å². The molecule has 6 nitrogen and oxygen atoms in total. The van der Waals surface area contributed by atoms with E-state index in [1.54, 1.807) is 18.5 Å². The van der Waals surface area contributed by atoms with Gasteiger partial charge in [-0.25, -0.2) is 4.98 Å². The van der Waals surface area contributed by atoms with Crippen LogP contribution in [-0.4, -0.2) is 23.3 Å². The van der Waals surface area contributed by atoms with Crippen molar-refractivity contribution in [3.63, 3.8) is 0 Å². The largest absolute Gasteiger partial charge is 0.454 e. The number of hydrogen-bond acceptors (Lipinski definition) is 6. The molecule has 2 aromatic rings. The van der Waals surface area contributed by atoms with Crippen LogP contribution in [0.5, 0.6) is 23.1 Å². The predicted octanol–water partition coefficient (Wildman–Crippen LogP) is 2.50. The topological polar surface area (TPSA) is 65.5 Å². The number of aromatic nitrogens is 2. The molecular formula is C15H17N3O3. The minimum absolute atomic E-state index is 0.248. The highest BCUT2D eigenvalue weighted by molar-refractivity contribution is 5.47. The Morgan fingerprint density at radius 3 is 2.90 bits per heavy atom. The normalized spacial score (nSPS) is 12.4. The Bertz CT molecular complexity index is 602. The van der Waals surface area contributed by atoms with Crippen molar-refractivity contribution in [1.82, 2.24) is 15.3 Å². The van der Waals surface area contributed by atoms with Crippen molar-refractivity contribution in [3.8, 4) is 23.1 Å². The van der Waals surface area contributed by atoms with Crippen molar-refractivity contribution in [2.45, 2.75) is 19.9 Å². The van der Waals surface area contributed by atoms with Crippen LogP contribution in [0.1, 0.15) is 19.0 Å². The molecule has 6 heteroatoms. The van der Waals surface area contributed by atoms with Crippen LogP contribution in [0.4, 0.5) is 0 Å². The number of nitrogens with zero attached hydrogens (tertiary/aromatic N) is 2. The van der Waals surface area contributed by atoms with Gasteiger partial charge in [0.15, 0.2) is 11.5 Å². The fraction of sp³-hybridized carbons (Fsp3) is 0.333. The van der Waals surface area contributed by atoms with Crippen LogP contribution in [0.3, 0.4) is 0 Å². The summed E-state index contributed by atoms with van der Waals surface area (Å²) in [5, 5.41) is 3.28. The first-order valence-corrected chi connectivity index (χ1v) is 6.94. The highest BCUT2D eigenvalue weighted by Crippen LogP contribution is 2.36. The molecule has 1 aromatic heterocycles. The Labute approximate surface area is 123 Å². The van der Waals surface area contributed by atoms with E-state index in [1.807, 2.05) is 12.1 Å². The second-order valence-electron chi connectivity index (χ2n) is 4.64. The van der Waals surface area contributed by atoms with E-state index in [4.69, 9.17) is 14.2 Å². The molecule has 0 spiro atoms. The molecule has 21 heavy (non-hydrogen) atoms. The molecule has 0 radical (unpaired) electrons. The SMILES string of the molecule is CCCNCc1cnc(Oc2ccc3c(c2)OCO3)cn1. The fourth-order valence-corrected chi connectivity index (χ4v) is 1.94. The van der Waals surface area contributed by atoms with Crippen molar-refractivity contribution in [2.24, 2.45) is 0 Å². The molecule has 0 atom stereocenters. The molecule has 1 aliphatic heterocycles. The van der Waals surface area contributed by atoms with Gasteiger partial charge in [0, 0.05) is 12.6 Å². The lowest BCUT2D eigenvalue weighted by atomic mass is 10.3. The summed E-state index contributed by atoms with van der Waals surface area (Å²) in [6.45, 7) is 4.06. The van der Waals surface area contributed by atoms with Crippen molar-refractivity contribution >= 4 is 0 Å². The Hall–Kier alpha value is -2.34. The number of rotatable bonds is 6. The summed E-state index contributed by atoms with van der Waals surface area (Å²) in [4.78, 5) is 8.56. The smallest absolute Gasteiger partial charge is 0.237 e. The van der Waals surface area contributed by atoms with Crippen molar-refractivity contribution < 1.29 is 14.2 Å². The maximum absolute atomic E-state index is 5.65. The molecule has 1 N–H and O–H groups in total. The third-order valence-corrected chi connectivity index (χ3v) is 2.98. The average molecular weight is 287 g/mol. The van der Waals surface area contributed by atoms with Crippen LogP contribution in [-0.2, 0) is 6.54 Å². The van der Waals surface area contributed by atoms with Gasteiger partial charge in [0.1, 0.15) is 5.75 Å². The first-order valence-electron chi connectivity index (χ1n) is 6.94. The van der Waals surface area contributed by atoms with E-state index in [9.17, 15) is 0 Å². The summed E-state index contributed by atoms with van der Waals surface area (Å²) >= 11 is 0. The number of hydrogen-bond donors (Lipinski definition) is 1. The van der Waals surface area contributed by atoms with E-state index in [0.29, 0.717) is 23.9 Å². The third kappa shape index (κ3) is 3.41. The Morgan fingerprint density at radius 2 is 2.10 bits per heavy atom. The highest BCUT2D eigenvalue weighted by Gasteiger charge is 2.14. The fourth-order valence-electron chi connectivity index (χ4n) is 1.94. The van der Waals surface area contributed by atoms with Gasteiger partial charge in [-0.15, -0.1) is 0 Å². The van der Waals surface area contributed by atoms with Gasteiger partial charge in [0.2, 0.25) is 12.7 Å². The van der Waals surface area contributed by atoms with Crippen LogP contribution < -0.4 is 19.5 Å². The molecule has 0 aliphatic carbocycles. The van der Waals surface area contributed by atoms with Gasteiger partial charge >= 0.3 is 0 Å². The standard InChI is InChI=1S/C15H17N3O3/c1-2-5-16-7-11-8-18-15(9-17-11)21-12-3-4-13-14(6-12)20-10-19-13/h3-4,6,8-9,16H,2,5,7,10H2,1H3. The summed E-state index contributed by atoms with van der Waals surface area (Å²) in [6.07, 6.45) is 4.43. The summed E-state index contributed by atoms with van der Waals surface area (Å²) in [5.74, 6) is 2.50. The van der Waals surface area contributed by atoms with Crippen LogP contribution in [0.25, 0.3) is 0 Å². The summed E-state index contributed by atoms with van der Waals surface area (Å²) in [6, 6.07) is 5.40. The molecule has 0 bridgehead atoms. The maximum atomic E-state index is 5.65. The minimum Gasteiger partial charge on any atom is -0.454 e. The Balaban J connectivity index is 1.62. The summed E-state index contributed by atoms with van der Waals surface area (Å²) in [5.41, 5.74) is 0.890.